The summed E-state index contributed by atoms with van der Waals surface area (Å²) < 4.78 is 0.912. The smallest absolute Gasteiger partial charge is 0.196 e. The molecule has 0 saturated carbocycles. The molecule has 0 aliphatic carbocycles. The van der Waals surface area contributed by atoms with Crippen LogP contribution in [0.2, 0.25) is 15.1 Å². The van der Waals surface area contributed by atoms with Crippen LogP contribution in [-0.4, -0.2) is 5.78 Å². The summed E-state index contributed by atoms with van der Waals surface area (Å²) >= 11 is 21.3. The van der Waals surface area contributed by atoms with Crippen molar-refractivity contribution in [2.45, 2.75) is 6.92 Å². The van der Waals surface area contributed by atoms with Crippen molar-refractivity contribution in [3.8, 4) is 0 Å². The summed E-state index contributed by atoms with van der Waals surface area (Å²) in [6.07, 6.45) is 0. The third-order valence-corrected chi connectivity index (χ3v) is 3.97. The Kier molecular flexibility index (Phi) is 4.57. The van der Waals surface area contributed by atoms with Crippen LogP contribution in [0.25, 0.3) is 0 Å². The highest BCUT2D eigenvalue weighted by Crippen LogP contribution is 2.31. The SMILES string of the molecule is Cc1cc(Br)ccc1C(=O)c1c(Cl)cc(Cl)cc1Cl. The summed E-state index contributed by atoms with van der Waals surface area (Å²) in [4.78, 5) is 12.5. The predicted molar refractivity (Wildman–Crippen MR) is 83.8 cm³/mol. The first-order chi connectivity index (χ1) is 8.90. The Morgan fingerprint density at radius 2 is 1.63 bits per heavy atom. The Hall–Kier alpha value is -0.540. The Labute approximate surface area is 134 Å². The molecule has 5 heteroatoms. The fourth-order valence-corrected chi connectivity index (χ4v) is 3.24. The number of halogens is 4. The topological polar surface area (TPSA) is 17.1 Å². The normalized spacial score (nSPS) is 10.6. The van der Waals surface area contributed by atoms with E-state index >= 15 is 0 Å². The van der Waals surface area contributed by atoms with Gasteiger partial charge in [-0.15, -0.1) is 0 Å². The number of carbonyl (C=O) groups is 1. The van der Waals surface area contributed by atoms with Gasteiger partial charge in [0.25, 0.3) is 0 Å². The molecule has 0 unspecified atom stereocenters. The molecule has 0 amide bonds. The van der Waals surface area contributed by atoms with Crippen LogP contribution in [0.4, 0.5) is 0 Å². The maximum Gasteiger partial charge on any atom is 0.196 e. The number of carbonyl (C=O) groups excluding carboxylic acids is 1. The van der Waals surface area contributed by atoms with Gasteiger partial charge in [0.2, 0.25) is 0 Å². The van der Waals surface area contributed by atoms with Crippen LogP contribution in [0.15, 0.2) is 34.8 Å². The van der Waals surface area contributed by atoms with Crippen LogP contribution in [0.3, 0.4) is 0 Å². The number of rotatable bonds is 2. The zero-order chi connectivity index (χ0) is 14.2. The molecular weight excluding hydrogens is 370 g/mol. The van der Waals surface area contributed by atoms with Gasteiger partial charge >= 0.3 is 0 Å². The molecule has 2 aromatic carbocycles. The van der Waals surface area contributed by atoms with Crippen molar-refractivity contribution in [3.05, 3.63) is 66.6 Å². The summed E-state index contributed by atoms with van der Waals surface area (Å²) in [6.45, 7) is 1.86. The summed E-state index contributed by atoms with van der Waals surface area (Å²) in [5.74, 6) is -0.211. The van der Waals surface area contributed by atoms with Gasteiger partial charge in [-0.3, -0.25) is 4.79 Å². The molecule has 0 saturated heterocycles. The first-order valence-corrected chi connectivity index (χ1v) is 7.28. The molecule has 0 fully saturated rings. The zero-order valence-corrected chi connectivity index (χ0v) is 13.7. The van der Waals surface area contributed by atoms with Gasteiger partial charge in [0.15, 0.2) is 5.78 Å². The second-order valence-electron chi connectivity index (χ2n) is 4.03. The lowest BCUT2D eigenvalue weighted by molar-refractivity contribution is 0.103. The molecule has 0 spiro atoms. The average Bonchev–Trinajstić information content (AvgIpc) is 2.26. The Bertz CT molecular complexity index is 645. The van der Waals surface area contributed by atoms with Gasteiger partial charge in [0.1, 0.15) is 0 Å². The van der Waals surface area contributed by atoms with Gasteiger partial charge in [0, 0.05) is 15.1 Å². The molecular formula is C14H8BrCl3O. The number of benzene rings is 2. The maximum atomic E-state index is 12.5. The van der Waals surface area contributed by atoms with Gasteiger partial charge in [-0.05, 0) is 42.8 Å². The van der Waals surface area contributed by atoms with E-state index in [2.05, 4.69) is 15.9 Å². The minimum absolute atomic E-state index is 0.211. The molecule has 0 aliphatic rings. The lowest BCUT2D eigenvalue weighted by Crippen LogP contribution is -2.05. The molecule has 0 aliphatic heterocycles. The Morgan fingerprint density at radius 3 is 2.16 bits per heavy atom. The minimum atomic E-state index is -0.211. The molecule has 0 bridgehead atoms. The van der Waals surface area contributed by atoms with E-state index in [4.69, 9.17) is 34.8 Å². The van der Waals surface area contributed by atoms with Gasteiger partial charge in [0.05, 0.1) is 15.6 Å². The van der Waals surface area contributed by atoms with Crippen molar-refractivity contribution in [2.24, 2.45) is 0 Å². The van der Waals surface area contributed by atoms with Crippen molar-refractivity contribution in [2.75, 3.05) is 0 Å². The molecule has 2 rings (SSSR count). The maximum absolute atomic E-state index is 12.5. The van der Waals surface area contributed by atoms with E-state index in [1.54, 1.807) is 12.1 Å². The van der Waals surface area contributed by atoms with Crippen molar-refractivity contribution < 1.29 is 4.79 Å². The summed E-state index contributed by atoms with van der Waals surface area (Å²) in [5, 5.41) is 0.911. The van der Waals surface area contributed by atoms with Crippen LogP contribution in [-0.2, 0) is 0 Å². The van der Waals surface area contributed by atoms with Crippen LogP contribution in [0.5, 0.6) is 0 Å². The molecule has 98 valence electrons. The molecule has 2 aromatic rings. The van der Waals surface area contributed by atoms with Gasteiger partial charge in [-0.1, -0.05) is 50.7 Å². The predicted octanol–water partition coefficient (Wildman–Crippen LogP) is 5.95. The fourth-order valence-electron chi connectivity index (χ4n) is 1.78. The zero-order valence-electron chi connectivity index (χ0n) is 9.81. The highest BCUT2D eigenvalue weighted by atomic mass is 79.9. The fraction of sp³-hybridized carbons (Fsp3) is 0.0714. The van der Waals surface area contributed by atoms with Crippen molar-refractivity contribution in [1.82, 2.24) is 0 Å². The molecule has 0 heterocycles. The summed E-state index contributed by atoms with van der Waals surface area (Å²) in [6, 6.07) is 8.43. The molecule has 1 nitrogen and oxygen atoms in total. The molecule has 0 N–H and O–H groups in total. The third kappa shape index (κ3) is 3.14. The standard InChI is InChI=1S/C14H8BrCl3O/c1-7-4-8(15)2-3-10(7)14(19)13-11(17)5-9(16)6-12(13)18/h2-6H,1H3. The van der Waals surface area contributed by atoms with E-state index in [0.29, 0.717) is 10.6 Å². The van der Waals surface area contributed by atoms with E-state index < -0.39 is 0 Å². The lowest BCUT2D eigenvalue weighted by atomic mass is 9.99. The Morgan fingerprint density at radius 1 is 1.05 bits per heavy atom. The van der Waals surface area contributed by atoms with Crippen molar-refractivity contribution in [3.63, 3.8) is 0 Å². The highest BCUT2D eigenvalue weighted by Gasteiger charge is 2.19. The van der Waals surface area contributed by atoms with E-state index in [1.165, 1.54) is 12.1 Å². The van der Waals surface area contributed by atoms with Gasteiger partial charge < -0.3 is 0 Å². The van der Waals surface area contributed by atoms with E-state index in [9.17, 15) is 4.79 Å². The quantitative estimate of drug-likeness (QED) is 0.590. The minimum Gasteiger partial charge on any atom is -0.288 e. The van der Waals surface area contributed by atoms with Crippen molar-refractivity contribution in [1.29, 1.82) is 0 Å². The first-order valence-electron chi connectivity index (χ1n) is 5.35. The summed E-state index contributed by atoms with van der Waals surface area (Å²) in [5.41, 5.74) is 1.69. The average molecular weight is 378 g/mol. The van der Waals surface area contributed by atoms with E-state index in [-0.39, 0.29) is 21.4 Å². The van der Waals surface area contributed by atoms with E-state index in [0.717, 1.165) is 10.0 Å². The largest absolute Gasteiger partial charge is 0.288 e. The number of ketones is 1. The number of hydrogen-bond donors (Lipinski definition) is 0. The van der Waals surface area contributed by atoms with E-state index in [1.807, 2.05) is 13.0 Å². The number of hydrogen-bond acceptors (Lipinski definition) is 1. The van der Waals surface area contributed by atoms with Crippen LogP contribution in [0.1, 0.15) is 21.5 Å². The van der Waals surface area contributed by atoms with Crippen LogP contribution < -0.4 is 0 Å². The van der Waals surface area contributed by atoms with Crippen LogP contribution >= 0.6 is 50.7 Å². The second kappa shape index (κ2) is 5.84. The van der Waals surface area contributed by atoms with Crippen LogP contribution in [0, 0.1) is 6.92 Å². The van der Waals surface area contributed by atoms with Gasteiger partial charge in [-0.25, -0.2) is 0 Å². The third-order valence-electron chi connectivity index (χ3n) is 2.67. The monoisotopic (exact) mass is 376 g/mol. The second-order valence-corrected chi connectivity index (χ2v) is 6.20. The van der Waals surface area contributed by atoms with Gasteiger partial charge in [-0.2, -0.15) is 0 Å². The molecule has 0 atom stereocenters. The lowest BCUT2D eigenvalue weighted by Gasteiger charge is -2.09. The van der Waals surface area contributed by atoms with Crippen molar-refractivity contribution >= 4 is 56.5 Å². The summed E-state index contributed by atoms with van der Waals surface area (Å²) in [7, 11) is 0. The Balaban J connectivity index is 2.56. The number of aryl methyl sites for hydroxylation is 1. The first kappa shape index (κ1) is 14.9. The molecule has 0 radical (unpaired) electrons. The molecule has 19 heavy (non-hydrogen) atoms. The highest BCUT2D eigenvalue weighted by molar-refractivity contribution is 9.10. The molecule has 0 aromatic heterocycles.